The Balaban J connectivity index is 2.36. The topological polar surface area (TPSA) is 64.4 Å². The molecule has 106 valence electrons. The van der Waals surface area contributed by atoms with Crippen LogP contribution in [0.15, 0.2) is 28.9 Å². The predicted octanol–water partition coefficient (Wildman–Crippen LogP) is 2.88. The van der Waals surface area contributed by atoms with Gasteiger partial charge in [-0.3, -0.25) is 9.48 Å². The molecule has 0 aliphatic heterocycles. The van der Waals surface area contributed by atoms with Gasteiger partial charge in [0.15, 0.2) is 0 Å². The Morgan fingerprint density at radius 2 is 2.25 bits per heavy atom. The Morgan fingerprint density at radius 1 is 1.50 bits per heavy atom. The molecule has 1 N–H and O–H groups in total. The van der Waals surface area contributed by atoms with Gasteiger partial charge in [-0.25, -0.2) is 0 Å². The first-order valence-electron chi connectivity index (χ1n) is 6.09. The fraction of sp³-hybridized carbons (Fsp3) is 0.286. The van der Waals surface area contributed by atoms with Gasteiger partial charge in [0.25, 0.3) is 0 Å². The Labute approximate surface area is 125 Å². The maximum absolute atomic E-state index is 10.7. The number of carbonyl (C=O) groups is 1. The second-order valence-electron chi connectivity index (χ2n) is 4.42. The highest BCUT2D eigenvalue weighted by Gasteiger charge is 2.13. The Morgan fingerprint density at radius 3 is 2.85 bits per heavy atom. The molecule has 1 heterocycles. The molecule has 5 nitrogen and oxygen atoms in total. The van der Waals surface area contributed by atoms with Gasteiger partial charge in [-0.05, 0) is 46.1 Å². The molecule has 6 heteroatoms. The van der Waals surface area contributed by atoms with Crippen molar-refractivity contribution in [1.82, 2.24) is 9.78 Å². The van der Waals surface area contributed by atoms with Crippen molar-refractivity contribution in [3.05, 3.63) is 34.4 Å². The van der Waals surface area contributed by atoms with Crippen LogP contribution in [0.5, 0.6) is 5.75 Å². The molecule has 2 aromatic rings. The summed E-state index contributed by atoms with van der Waals surface area (Å²) < 4.78 is 7.74. The van der Waals surface area contributed by atoms with Crippen LogP contribution in [0.1, 0.15) is 12.0 Å². The van der Waals surface area contributed by atoms with E-state index in [-0.39, 0.29) is 6.42 Å². The molecule has 0 bridgehead atoms. The summed E-state index contributed by atoms with van der Waals surface area (Å²) in [7, 11) is 3.44. The first-order chi connectivity index (χ1) is 9.51. The molecule has 0 atom stereocenters. The number of aromatic nitrogens is 2. The molecule has 0 fully saturated rings. The minimum atomic E-state index is -0.810. The van der Waals surface area contributed by atoms with Crippen LogP contribution in [0.25, 0.3) is 11.3 Å². The van der Waals surface area contributed by atoms with Gasteiger partial charge in [0.2, 0.25) is 0 Å². The number of rotatable bonds is 5. The first-order valence-corrected chi connectivity index (χ1v) is 6.88. The third kappa shape index (κ3) is 3.19. The summed E-state index contributed by atoms with van der Waals surface area (Å²) in [5.41, 5.74) is 2.66. The van der Waals surface area contributed by atoms with E-state index in [1.54, 1.807) is 11.8 Å². The number of aryl methyl sites for hydroxylation is 2. The van der Waals surface area contributed by atoms with E-state index in [1.807, 2.05) is 31.4 Å². The van der Waals surface area contributed by atoms with Gasteiger partial charge in [0.05, 0.1) is 17.3 Å². The van der Waals surface area contributed by atoms with E-state index in [2.05, 4.69) is 21.0 Å². The van der Waals surface area contributed by atoms with Crippen LogP contribution >= 0.6 is 15.9 Å². The zero-order valence-electron chi connectivity index (χ0n) is 11.3. The number of hydrogen-bond acceptors (Lipinski definition) is 3. The van der Waals surface area contributed by atoms with E-state index in [9.17, 15) is 4.79 Å². The third-order valence-corrected chi connectivity index (χ3v) is 3.56. The number of carboxylic acids is 1. The number of nitrogens with zero attached hydrogens (tertiary/aromatic N) is 2. The maximum atomic E-state index is 10.7. The van der Waals surface area contributed by atoms with Gasteiger partial charge < -0.3 is 9.84 Å². The van der Waals surface area contributed by atoms with Crippen molar-refractivity contribution in [3.63, 3.8) is 0 Å². The number of ether oxygens (including phenoxy) is 1. The summed E-state index contributed by atoms with van der Waals surface area (Å²) in [4.78, 5) is 10.7. The highest BCUT2D eigenvalue weighted by molar-refractivity contribution is 9.10. The molecule has 1 aromatic carbocycles. The Kier molecular flexibility index (Phi) is 4.44. The van der Waals surface area contributed by atoms with E-state index < -0.39 is 5.97 Å². The summed E-state index contributed by atoms with van der Waals surface area (Å²) >= 11 is 3.44. The molecular formula is C14H15BrN2O3. The van der Waals surface area contributed by atoms with Crippen molar-refractivity contribution in [2.24, 2.45) is 7.05 Å². The molecule has 0 radical (unpaired) electrons. The molecular weight excluding hydrogens is 324 g/mol. The van der Waals surface area contributed by atoms with Crippen LogP contribution in [0.4, 0.5) is 0 Å². The van der Waals surface area contributed by atoms with Gasteiger partial charge in [0, 0.05) is 25.2 Å². The predicted molar refractivity (Wildman–Crippen MR) is 78.9 cm³/mol. The van der Waals surface area contributed by atoms with Crippen LogP contribution in [-0.4, -0.2) is 28.0 Å². The lowest BCUT2D eigenvalue weighted by Crippen LogP contribution is -1.98. The van der Waals surface area contributed by atoms with Gasteiger partial charge in [-0.15, -0.1) is 0 Å². The average molecular weight is 339 g/mol. The molecule has 0 saturated carbocycles. The van der Waals surface area contributed by atoms with Crippen molar-refractivity contribution in [2.75, 3.05) is 7.11 Å². The smallest absolute Gasteiger partial charge is 0.303 e. The Hall–Kier alpha value is -1.82. The highest BCUT2D eigenvalue weighted by Crippen LogP contribution is 2.31. The summed E-state index contributed by atoms with van der Waals surface area (Å²) in [5.74, 6) is -0.0625. The van der Waals surface area contributed by atoms with Crippen LogP contribution in [0.2, 0.25) is 0 Å². The van der Waals surface area contributed by atoms with Gasteiger partial charge >= 0.3 is 5.97 Å². The van der Waals surface area contributed by atoms with Crippen molar-refractivity contribution in [2.45, 2.75) is 12.8 Å². The van der Waals surface area contributed by atoms with E-state index in [4.69, 9.17) is 9.84 Å². The summed E-state index contributed by atoms with van der Waals surface area (Å²) in [6.45, 7) is 0. The van der Waals surface area contributed by atoms with Gasteiger partial charge in [-0.2, -0.15) is 5.10 Å². The number of hydrogen-bond donors (Lipinski definition) is 1. The quantitative estimate of drug-likeness (QED) is 0.910. The normalized spacial score (nSPS) is 10.6. The first kappa shape index (κ1) is 14.6. The summed E-state index contributed by atoms with van der Waals surface area (Å²) in [5, 5.41) is 13.2. The lowest BCUT2D eigenvalue weighted by molar-refractivity contribution is -0.136. The molecule has 0 saturated heterocycles. The SMILES string of the molecule is COc1ccc(-c2nn(C)cc2CCC(=O)O)cc1Br. The number of carboxylic acid groups (broad SMARTS) is 1. The largest absolute Gasteiger partial charge is 0.496 e. The lowest BCUT2D eigenvalue weighted by Gasteiger charge is -2.06. The second-order valence-corrected chi connectivity index (χ2v) is 5.27. The van der Waals surface area contributed by atoms with E-state index in [0.717, 1.165) is 27.0 Å². The number of aliphatic carboxylic acids is 1. The van der Waals surface area contributed by atoms with E-state index in [1.165, 1.54) is 0 Å². The minimum Gasteiger partial charge on any atom is -0.496 e. The van der Waals surface area contributed by atoms with Gasteiger partial charge in [-0.1, -0.05) is 0 Å². The van der Waals surface area contributed by atoms with Crippen LogP contribution in [-0.2, 0) is 18.3 Å². The van der Waals surface area contributed by atoms with Crippen molar-refractivity contribution >= 4 is 21.9 Å². The lowest BCUT2D eigenvalue weighted by atomic mass is 10.0. The molecule has 0 amide bonds. The Bertz CT molecular complexity index is 637. The fourth-order valence-electron chi connectivity index (χ4n) is 2.02. The molecule has 0 aliphatic carbocycles. The zero-order chi connectivity index (χ0) is 14.7. The van der Waals surface area contributed by atoms with Crippen molar-refractivity contribution in [1.29, 1.82) is 0 Å². The third-order valence-electron chi connectivity index (χ3n) is 2.94. The molecule has 0 spiro atoms. The number of benzene rings is 1. The van der Waals surface area contributed by atoms with Crippen LogP contribution in [0.3, 0.4) is 0 Å². The van der Waals surface area contributed by atoms with Crippen LogP contribution < -0.4 is 4.74 Å². The summed E-state index contributed by atoms with van der Waals surface area (Å²) in [6.07, 6.45) is 2.41. The standard InChI is InChI=1S/C14H15BrN2O3/c1-17-8-10(4-6-13(18)19)14(16-17)9-3-5-12(20-2)11(15)7-9/h3,5,7-8H,4,6H2,1-2H3,(H,18,19). The fourth-order valence-corrected chi connectivity index (χ4v) is 2.56. The highest BCUT2D eigenvalue weighted by atomic mass is 79.9. The molecule has 1 aromatic heterocycles. The molecule has 0 aliphatic rings. The second kappa shape index (κ2) is 6.09. The zero-order valence-corrected chi connectivity index (χ0v) is 12.8. The van der Waals surface area contributed by atoms with Gasteiger partial charge in [0.1, 0.15) is 5.75 Å². The van der Waals surface area contributed by atoms with E-state index >= 15 is 0 Å². The average Bonchev–Trinajstić information content (AvgIpc) is 2.77. The summed E-state index contributed by atoms with van der Waals surface area (Å²) in [6, 6.07) is 5.69. The number of halogens is 1. The monoisotopic (exact) mass is 338 g/mol. The van der Waals surface area contributed by atoms with Crippen molar-refractivity contribution < 1.29 is 14.6 Å². The maximum Gasteiger partial charge on any atom is 0.303 e. The minimum absolute atomic E-state index is 0.0933. The number of methoxy groups -OCH3 is 1. The van der Waals surface area contributed by atoms with E-state index in [0.29, 0.717) is 6.42 Å². The molecule has 20 heavy (non-hydrogen) atoms. The van der Waals surface area contributed by atoms with Crippen LogP contribution in [0, 0.1) is 0 Å². The van der Waals surface area contributed by atoms with Crippen molar-refractivity contribution in [3.8, 4) is 17.0 Å². The molecule has 0 unspecified atom stereocenters. The molecule has 2 rings (SSSR count).